The smallest absolute Gasteiger partial charge is 0.139 e. The van der Waals surface area contributed by atoms with Crippen LogP contribution in [0.15, 0.2) is 41.6 Å². The average Bonchev–Trinajstić information content (AvgIpc) is 3.30. The van der Waals surface area contributed by atoms with Crippen LogP contribution in [0, 0.1) is 6.33 Å². The zero-order chi connectivity index (χ0) is 15.8. The third kappa shape index (κ3) is 3.49. The zero-order valence-corrected chi connectivity index (χ0v) is 17.1. The number of nitrogens with zero attached hydrogens (tertiary/aromatic N) is 3. The second-order valence-corrected chi connectivity index (χ2v) is 6.84. The second-order valence-electron chi connectivity index (χ2n) is 5.90. The van der Waals surface area contributed by atoms with E-state index in [1.54, 1.807) is 6.92 Å². The normalized spacial score (nSPS) is 13.7. The van der Waals surface area contributed by atoms with Crippen molar-refractivity contribution in [3.8, 4) is 5.69 Å². The maximum Gasteiger partial charge on any atom is 0.139 e. The largest absolute Gasteiger partial charge is 0.438 e. The molecule has 4 rings (SSSR count). The molecule has 0 spiro atoms. The van der Waals surface area contributed by atoms with Gasteiger partial charge in [0.25, 0.3) is 0 Å². The molecule has 1 saturated carbocycles. The molecule has 1 aliphatic rings. The molecule has 2 aromatic carbocycles. The molecule has 24 heavy (non-hydrogen) atoms. The summed E-state index contributed by atoms with van der Waals surface area (Å²) in [4.78, 5) is 11.2. The van der Waals surface area contributed by atoms with E-state index < -0.39 is 0 Å². The number of hydrogen-bond acceptors (Lipinski definition) is 4. The zero-order valence-electron chi connectivity index (χ0n) is 13.4. The number of thioether (sulfide) groups is 1. The molecule has 1 heterocycles. The number of hydrogen-bond donors (Lipinski definition) is 0. The molecule has 0 unspecified atom stereocenters. The van der Waals surface area contributed by atoms with E-state index in [1.165, 1.54) is 40.9 Å². The topological polar surface area (TPSA) is 47.8 Å². The van der Waals surface area contributed by atoms with E-state index in [2.05, 4.69) is 52.9 Å². The quantitative estimate of drug-likeness (QED) is 0.474. The summed E-state index contributed by atoms with van der Waals surface area (Å²) in [5.74, 6) is 1.22. The van der Waals surface area contributed by atoms with Crippen LogP contribution in [0.5, 0.6) is 0 Å². The summed E-state index contributed by atoms with van der Waals surface area (Å²) in [6.07, 6.45) is 5.48. The van der Waals surface area contributed by atoms with Crippen LogP contribution < -0.4 is 0 Å². The Morgan fingerprint density at radius 3 is 2.71 bits per heavy atom. The minimum atomic E-state index is 0. The molecule has 6 heteroatoms. The van der Waals surface area contributed by atoms with Gasteiger partial charge in [0.15, 0.2) is 0 Å². The molecule has 0 saturated heterocycles. The molecule has 4 nitrogen and oxygen atoms in total. The van der Waals surface area contributed by atoms with Gasteiger partial charge in [-0.05, 0) is 36.6 Å². The Kier molecular flexibility index (Phi) is 5.53. The molecule has 1 radical (unpaired) electrons. The van der Waals surface area contributed by atoms with Gasteiger partial charge in [-0.2, -0.15) is 0 Å². The van der Waals surface area contributed by atoms with Crippen LogP contribution in [0.2, 0.25) is 0 Å². The van der Waals surface area contributed by atoms with Gasteiger partial charge in [-0.1, -0.05) is 47.5 Å². The number of rotatable bonds is 5. The third-order valence-corrected chi connectivity index (χ3v) is 5.14. The van der Waals surface area contributed by atoms with Gasteiger partial charge in [-0.3, -0.25) is 4.79 Å². The number of benzene rings is 2. The molecule has 0 N–H and O–H groups in total. The van der Waals surface area contributed by atoms with Crippen LogP contribution in [-0.2, 0) is 37.5 Å². The summed E-state index contributed by atoms with van der Waals surface area (Å²) in [5.41, 5.74) is 2.44. The van der Waals surface area contributed by atoms with Crippen LogP contribution >= 0.6 is 11.8 Å². The van der Waals surface area contributed by atoms with E-state index in [1.807, 2.05) is 4.57 Å². The fourth-order valence-electron chi connectivity index (χ4n) is 2.87. The number of carbonyl (C=O) groups excluding carboxylic acids is 1. The predicted molar refractivity (Wildman–Crippen MR) is 91.1 cm³/mol. The van der Waals surface area contributed by atoms with Crippen LogP contribution in [0.3, 0.4) is 0 Å². The molecule has 1 aromatic heterocycles. The number of carbonyl (C=O) groups is 1. The van der Waals surface area contributed by atoms with Gasteiger partial charge in [0.1, 0.15) is 5.78 Å². The first-order valence-corrected chi connectivity index (χ1v) is 8.70. The van der Waals surface area contributed by atoms with Crippen molar-refractivity contribution in [3.63, 3.8) is 0 Å². The molecular weight excluding hydrogens is 395 g/mol. The SMILES string of the molecule is CC(=O)CSc1nn[c-]n1-c1ccc(C2CC2)c2ccccc12.[Y]. The van der Waals surface area contributed by atoms with Crippen molar-refractivity contribution in [2.75, 3.05) is 5.75 Å². The Morgan fingerprint density at radius 2 is 2.00 bits per heavy atom. The molecule has 3 aromatic rings. The fraction of sp³-hybridized carbons (Fsp3) is 0.278. The molecule has 1 fully saturated rings. The minimum Gasteiger partial charge on any atom is -0.438 e. The summed E-state index contributed by atoms with van der Waals surface area (Å²) in [6, 6.07) is 12.8. The maximum atomic E-state index is 11.2. The first-order chi connectivity index (χ1) is 11.2. The number of aromatic nitrogens is 3. The molecule has 0 bridgehead atoms. The molecule has 119 valence electrons. The summed E-state index contributed by atoms with van der Waals surface area (Å²) in [7, 11) is 0. The van der Waals surface area contributed by atoms with Crippen molar-refractivity contribution >= 4 is 28.3 Å². The van der Waals surface area contributed by atoms with Gasteiger partial charge in [0.2, 0.25) is 0 Å². The van der Waals surface area contributed by atoms with E-state index in [0.717, 1.165) is 5.69 Å². The van der Waals surface area contributed by atoms with Gasteiger partial charge >= 0.3 is 0 Å². The van der Waals surface area contributed by atoms with Crippen LogP contribution in [0.1, 0.15) is 31.2 Å². The van der Waals surface area contributed by atoms with Crippen molar-refractivity contribution in [1.82, 2.24) is 14.8 Å². The van der Waals surface area contributed by atoms with Crippen molar-refractivity contribution in [2.24, 2.45) is 0 Å². The van der Waals surface area contributed by atoms with Gasteiger partial charge in [-0.15, -0.1) is 11.8 Å². The summed E-state index contributed by atoms with van der Waals surface area (Å²) < 4.78 is 1.85. The minimum absolute atomic E-state index is 0. The molecular formula is C18H16N3OSY-. The Hall–Kier alpha value is -1.04. The van der Waals surface area contributed by atoms with Gasteiger partial charge < -0.3 is 4.57 Å². The number of ketones is 1. The van der Waals surface area contributed by atoms with Crippen LogP contribution in [-0.4, -0.2) is 26.3 Å². The molecule has 0 amide bonds. The van der Waals surface area contributed by atoms with E-state index in [4.69, 9.17) is 0 Å². The Bertz CT molecular complexity index is 889. The second kappa shape index (κ2) is 7.46. The maximum absolute atomic E-state index is 11.2. The number of fused-ring (bicyclic) bond motifs is 1. The summed E-state index contributed by atoms with van der Waals surface area (Å²) >= 11 is 1.40. The molecule has 1 aliphatic carbocycles. The van der Waals surface area contributed by atoms with Gasteiger partial charge in [-0.25, -0.2) is 10.2 Å². The van der Waals surface area contributed by atoms with Gasteiger partial charge in [0.05, 0.1) is 5.16 Å². The van der Waals surface area contributed by atoms with E-state index in [-0.39, 0.29) is 38.5 Å². The third-order valence-electron chi connectivity index (χ3n) is 4.07. The van der Waals surface area contributed by atoms with E-state index in [9.17, 15) is 4.79 Å². The monoisotopic (exact) mass is 411 g/mol. The fourth-order valence-corrected chi connectivity index (χ4v) is 3.56. The summed E-state index contributed by atoms with van der Waals surface area (Å²) in [6.45, 7) is 1.58. The number of Topliss-reactive ketones (excluding diaryl/α,β-unsaturated/α-hetero) is 1. The van der Waals surface area contributed by atoms with Gasteiger partial charge in [0, 0.05) is 44.8 Å². The molecule has 0 atom stereocenters. The van der Waals surface area contributed by atoms with Crippen LogP contribution in [0.25, 0.3) is 16.5 Å². The molecule has 0 aliphatic heterocycles. The summed E-state index contributed by atoms with van der Waals surface area (Å²) in [5, 5.41) is 11.2. The standard InChI is InChI=1S/C18H16N3OS.Y/c1-12(22)10-23-18-20-19-11-21(18)17-9-8-14(13-6-7-13)15-4-2-3-5-16(15)17;/h2-5,8-9,13H,6-7,10H2,1H3;/q-1;. The Morgan fingerprint density at radius 1 is 1.25 bits per heavy atom. The predicted octanol–water partition coefficient (Wildman–Crippen LogP) is 3.78. The Labute approximate surface area is 170 Å². The van der Waals surface area contributed by atoms with E-state index >= 15 is 0 Å². The Balaban J connectivity index is 0.00000169. The average molecular weight is 411 g/mol. The van der Waals surface area contributed by atoms with Crippen LogP contribution in [0.4, 0.5) is 0 Å². The van der Waals surface area contributed by atoms with E-state index in [0.29, 0.717) is 16.8 Å². The first kappa shape index (κ1) is 17.8. The van der Waals surface area contributed by atoms with Crippen molar-refractivity contribution < 1.29 is 37.5 Å². The van der Waals surface area contributed by atoms with Crippen molar-refractivity contribution in [1.29, 1.82) is 0 Å². The van der Waals surface area contributed by atoms with Crippen molar-refractivity contribution in [3.05, 3.63) is 48.3 Å². The van der Waals surface area contributed by atoms with Crippen molar-refractivity contribution in [2.45, 2.75) is 30.8 Å². The first-order valence-electron chi connectivity index (χ1n) is 7.71.